The summed E-state index contributed by atoms with van der Waals surface area (Å²) < 4.78 is 0. The van der Waals surface area contributed by atoms with E-state index in [1.165, 1.54) is 4.90 Å². The van der Waals surface area contributed by atoms with Crippen LogP contribution >= 0.6 is 11.6 Å². The highest BCUT2D eigenvalue weighted by molar-refractivity contribution is 6.31. The van der Waals surface area contributed by atoms with Crippen LogP contribution in [0.3, 0.4) is 0 Å². The molecule has 3 nitrogen and oxygen atoms in total. The highest BCUT2D eigenvalue weighted by atomic mass is 35.5. The first kappa shape index (κ1) is 11.9. The van der Waals surface area contributed by atoms with Gasteiger partial charge in [-0.05, 0) is 18.2 Å². The van der Waals surface area contributed by atoms with E-state index in [9.17, 15) is 4.79 Å². The lowest BCUT2D eigenvalue weighted by molar-refractivity contribution is -0.121. The lowest BCUT2D eigenvalue weighted by atomic mass is 10.1. The van der Waals surface area contributed by atoms with Crippen LogP contribution in [-0.4, -0.2) is 13.0 Å². The number of nitrogen functional groups attached to an aromatic ring is 1. The fraction of sp³-hybridized carbons (Fsp3) is 0.364. The van der Waals surface area contributed by atoms with Gasteiger partial charge in [-0.3, -0.25) is 4.79 Å². The van der Waals surface area contributed by atoms with Crippen LogP contribution in [0, 0.1) is 5.92 Å². The smallest absolute Gasteiger partial charge is 0.229 e. The molecular formula is C11H15ClN2O. The molecule has 0 saturated carbocycles. The van der Waals surface area contributed by atoms with Crippen molar-refractivity contribution in [3.05, 3.63) is 23.2 Å². The molecule has 1 amide bonds. The number of halogens is 1. The first-order valence-electron chi connectivity index (χ1n) is 4.76. The number of hydrogen-bond donors (Lipinski definition) is 1. The highest BCUT2D eigenvalue weighted by Crippen LogP contribution is 2.26. The van der Waals surface area contributed by atoms with Gasteiger partial charge in [0.2, 0.25) is 5.91 Å². The number of amides is 1. The summed E-state index contributed by atoms with van der Waals surface area (Å²) in [6.07, 6.45) is 0. The maximum atomic E-state index is 11.7. The van der Waals surface area contributed by atoms with E-state index in [2.05, 4.69) is 0 Å². The molecule has 4 heteroatoms. The largest absolute Gasteiger partial charge is 0.397 e. The number of nitrogens with zero attached hydrogens (tertiary/aromatic N) is 1. The molecule has 0 radical (unpaired) electrons. The first-order valence-corrected chi connectivity index (χ1v) is 5.14. The van der Waals surface area contributed by atoms with Crippen molar-refractivity contribution in [2.75, 3.05) is 17.7 Å². The second-order valence-electron chi connectivity index (χ2n) is 3.76. The second-order valence-corrected chi connectivity index (χ2v) is 4.19. The van der Waals surface area contributed by atoms with Crippen molar-refractivity contribution in [2.24, 2.45) is 5.92 Å². The fourth-order valence-electron chi connectivity index (χ4n) is 1.31. The van der Waals surface area contributed by atoms with Crippen molar-refractivity contribution < 1.29 is 4.79 Å². The number of carbonyl (C=O) groups is 1. The number of rotatable bonds is 2. The second kappa shape index (κ2) is 4.53. The Morgan fingerprint density at radius 2 is 2.07 bits per heavy atom. The average molecular weight is 227 g/mol. The maximum Gasteiger partial charge on any atom is 0.229 e. The summed E-state index contributed by atoms with van der Waals surface area (Å²) in [7, 11) is 1.70. The molecule has 0 bridgehead atoms. The summed E-state index contributed by atoms with van der Waals surface area (Å²) in [5.41, 5.74) is 6.98. The predicted molar refractivity (Wildman–Crippen MR) is 64.1 cm³/mol. The molecule has 0 aliphatic heterocycles. The minimum atomic E-state index is -0.0617. The fourth-order valence-corrected chi connectivity index (χ4v) is 1.48. The highest BCUT2D eigenvalue weighted by Gasteiger charge is 2.16. The summed E-state index contributed by atoms with van der Waals surface area (Å²) in [5, 5.41) is 0.572. The zero-order chi connectivity index (χ0) is 11.6. The zero-order valence-electron chi connectivity index (χ0n) is 9.12. The Labute approximate surface area is 94.8 Å². The summed E-state index contributed by atoms with van der Waals surface area (Å²) >= 11 is 5.85. The standard InChI is InChI=1S/C11H15ClN2O/c1-7(2)11(15)14(3)10-6-8(12)4-5-9(10)13/h4-7H,13H2,1-3H3. The van der Waals surface area contributed by atoms with E-state index >= 15 is 0 Å². The predicted octanol–water partition coefficient (Wildman–Crippen LogP) is 2.54. The van der Waals surface area contributed by atoms with Crippen molar-refractivity contribution in [3.8, 4) is 0 Å². The summed E-state index contributed by atoms with van der Waals surface area (Å²) in [4.78, 5) is 13.3. The van der Waals surface area contributed by atoms with Crippen molar-refractivity contribution in [2.45, 2.75) is 13.8 Å². The van der Waals surface area contributed by atoms with E-state index in [0.717, 1.165) is 0 Å². The van der Waals surface area contributed by atoms with Crippen LogP contribution < -0.4 is 10.6 Å². The Balaban J connectivity index is 3.05. The lowest BCUT2D eigenvalue weighted by Gasteiger charge is -2.21. The third-order valence-electron chi connectivity index (χ3n) is 2.18. The Kier molecular flexibility index (Phi) is 3.58. The van der Waals surface area contributed by atoms with E-state index < -0.39 is 0 Å². The Morgan fingerprint density at radius 3 is 2.60 bits per heavy atom. The van der Waals surface area contributed by atoms with Crippen molar-refractivity contribution in [1.29, 1.82) is 0 Å². The van der Waals surface area contributed by atoms with Crippen LogP contribution in [0.15, 0.2) is 18.2 Å². The van der Waals surface area contributed by atoms with Gasteiger partial charge in [0.25, 0.3) is 0 Å². The SMILES string of the molecule is CC(C)C(=O)N(C)c1cc(Cl)ccc1N. The van der Waals surface area contributed by atoms with Crippen molar-refractivity contribution >= 4 is 28.9 Å². The summed E-state index contributed by atoms with van der Waals surface area (Å²) in [6.45, 7) is 3.69. The number of nitrogens with two attached hydrogens (primary N) is 1. The molecule has 0 aromatic heterocycles. The van der Waals surface area contributed by atoms with Gasteiger partial charge in [-0.25, -0.2) is 0 Å². The van der Waals surface area contributed by atoms with E-state index in [4.69, 9.17) is 17.3 Å². The van der Waals surface area contributed by atoms with Crippen molar-refractivity contribution in [3.63, 3.8) is 0 Å². The third-order valence-corrected chi connectivity index (χ3v) is 2.41. The number of anilines is 2. The number of carbonyl (C=O) groups excluding carboxylic acids is 1. The molecule has 0 fully saturated rings. The quantitative estimate of drug-likeness (QED) is 0.788. The Morgan fingerprint density at radius 1 is 1.47 bits per heavy atom. The number of hydrogen-bond acceptors (Lipinski definition) is 2. The molecule has 82 valence electrons. The maximum absolute atomic E-state index is 11.7. The van der Waals surface area contributed by atoms with Gasteiger partial charge in [-0.1, -0.05) is 25.4 Å². The van der Waals surface area contributed by atoms with Crippen LogP contribution in [0.2, 0.25) is 5.02 Å². The monoisotopic (exact) mass is 226 g/mol. The molecule has 2 N–H and O–H groups in total. The molecule has 0 unspecified atom stereocenters. The van der Waals surface area contributed by atoms with Gasteiger partial charge in [0.15, 0.2) is 0 Å². The minimum absolute atomic E-state index is 0.0176. The van der Waals surface area contributed by atoms with Crippen molar-refractivity contribution in [1.82, 2.24) is 0 Å². The molecule has 0 atom stereocenters. The van der Waals surface area contributed by atoms with Crippen LogP contribution in [0.5, 0.6) is 0 Å². The Hall–Kier alpha value is -1.22. The molecule has 0 heterocycles. The van der Waals surface area contributed by atoms with Crippen LogP contribution in [0.25, 0.3) is 0 Å². The molecule has 0 aliphatic carbocycles. The lowest BCUT2D eigenvalue weighted by Crippen LogP contribution is -2.30. The van der Waals surface area contributed by atoms with E-state index in [0.29, 0.717) is 16.4 Å². The molecule has 1 aromatic rings. The Bertz CT molecular complexity index is 377. The topological polar surface area (TPSA) is 46.3 Å². The van der Waals surface area contributed by atoms with Crippen LogP contribution in [0.1, 0.15) is 13.8 Å². The van der Waals surface area contributed by atoms with Gasteiger partial charge in [-0.15, -0.1) is 0 Å². The van der Waals surface area contributed by atoms with Crippen LogP contribution in [-0.2, 0) is 4.79 Å². The normalized spacial score (nSPS) is 10.5. The average Bonchev–Trinajstić information content (AvgIpc) is 2.19. The molecule has 15 heavy (non-hydrogen) atoms. The first-order chi connectivity index (χ1) is 6.93. The number of benzene rings is 1. The molecule has 1 aromatic carbocycles. The summed E-state index contributed by atoms with van der Waals surface area (Å²) in [6, 6.07) is 5.09. The van der Waals surface area contributed by atoms with Gasteiger partial charge < -0.3 is 10.6 Å². The van der Waals surface area contributed by atoms with Crippen LogP contribution in [0.4, 0.5) is 11.4 Å². The molecule has 0 saturated heterocycles. The zero-order valence-corrected chi connectivity index (χ0v) is 9.88. The van der Waals surface area contributed by atoms with E-state index in [1.54, 1.807) is 25.2 Å². The van der Waals surface area contributed by atoms with Gasteiger partial charge >= 0.3 is 0 Å². The molecule has 0 aliphatic rings. The van der Waals surface area contributed by atoms with E-state index in [1.807, 2.05) is 13.8 Å². The summed E-state index contributed by atoms with van der Waals surface area (Å²) in [5.74, 6) is -0.0441. The minimum Gasteiger partial charge on any atom is -0.397 e. The van der Waals surface area contributed by atoms with Gasteiger partial charge in [0, 0.05) is 18.0 Å². The molecule has 0 spiro atoms. The molecular weight excluding hydrogens is 212 g/mol. The third kappa shape index (κ3) is 2.63. The van der Waals surface area contributed by atoms with Gasteiger partial charge in [0.1, 0.15) is 0 Å². The van der Waals surface area contributed by atoms with Gasteiger partial charge in [0.05, 0.1) is 11.4 Å². The van der Waals surface area contributed by atoms with E-state index in [-0.39, 0.29) is 11.8 Å². The van der Waals surface area contributed by atoms with Gasteiger partial charge in [-0.2, -0.15) is 0 Å². The molecule has 1 rings (SSSR count).